The monoisotopic (exact) mass is 317 g/mol. The van der Waals surface area contributed by atoms with Crippen molar-refractivity contribution < 1.29 is 8.53 Å². The lowest BCUT2D eigenvalue weighted by atomic mass is 10.0. The molecule has 1 fully saturated rings. The minimum Gasteiger partial charge on any atom is -0.437 e. The number of para-hydroxylation sites is 1. The third kappa shape index (κ3) is 2.12. The fraction of sp³-hybridized carbons (Fsp3) is 0.238. The van der Waals surface area contributed by atoms with Crippen LogP contribution in [0.3, 0.4) is 0 Å². The average Bonchev–Trinajstić information content (AvgIpc) is 3.19. The largest absolute Gasteiger partial charge is 0.437 e. The molecule has 1 aliphatic carbocycles. The van der Waals surface area contributed by atoms with Crippen LogP contribution in [-0.2, 0) is 0 Å². The van der Waals surface area contributed by atoms with Gasteiger partial charge in [0.1, 0.15) is 5.58 Å². The van der Waals surface area contributed by atoms with E-state index in [2.05, 4.69) is 9.97 Å². The second-order valence-corrected chi connectivity index (χ2v) is 6.06. The fourth-order valence-electron chi connectivity index (χ4n) is 3.38. The second-order valence-electron chi connectivity index (χ2n) is 6.06. The molecule has 1 aromatic carbocycles. The zero-order valence-electron chi connectivity index (χ0n) is 16.1. The maximum Gasteiger partial charge on any atom is 0.227 e. The molecular weight excluding hydrogens is 296 g/mol. The predicted molar refractivity (Wildman–Crippen MR) is 96.0 cm³/mol. The highest BCUT2D eigenvalue weighted by molar-refractivity contribution is 6.08. The quantitative estimate of drug-likeness (QED) is 0.476. The van der Waals surface area contributed by atoms with Crippen LogP contribution in [0.5, 0.6) is 0 Å². The Morgan fingerprint density at radius 1 is 1.04 bits per heavy atom. The van der Waals surface area contributed by atoms with Gasteiger partial charge in [0.05, 0.1) is 5.69 Å². The molecule has 0 saturated heterocycles. The van der Waals surface area contributed by atoms with Gasteiger partial charge in [-0.3, -0.25) is 4.98 Å². The first kappa shape index (κ1) is 11.0. The van der Waals surface area contributed by atoms with Gasteiger partial charge in [-0.25, -0.2) is 4.98 Å². The van der Waals surface area contributed by atoms with Gasteiger partial charge in [0.2, 0.25) is 5.71 Å². The number of nitrogens with zero attached hydrogens (tertiary/aromatic N) is 2. The molecule has 1 aliphatic rings. The lowest BCUT2D eigenvalue weighted by molar-refractivity contribution is 0.638. The summed E-state index contributed by atoms with van der Waals surface area (Å²) < 4.78 is 31.3. The van der Waals surface area contributed by atoms with Crippen LogP contribution < -0.4 is 0 Å². The first-order valence-electron chi connectivity index (χ1n) is 9.74. The summed E-state index contributed by atoms with van der Waals surface area (Å²) in [6.45, 7) is 0. The summed E-state index contributed by atoms with van der Waals surface area (Å²) in [6, 6.07) is 15.3. The Kier molecular flexibility index (Phi) is 2.49. The van der Waals surface area contributed by atoms with E-state index in [1.165, 1.54) is 0 Å². The molecule has 3 heterocycles. The van der Waals surface area contributed by atoms with Crippen LogP contribution in [0.1, 0.15) is 41.3 Å². The van der Waals surface area contributed by atoms with E-state index >= 15 is 0 Å². The number of pyridine rings is 2. The van der Waals surface area contributed by atoms with Gasteiger partial charge in [-0.05, 0) is 43.1 Å². The van der Waals surface area contributed by atoms with Crippen LogP contribution in [0.2, 0.25) is 0 Å². The molecule has 3 nitrogen and oxygen atoms in total. The van der Waals surface area contributed by atoms with E-state index in [1.807, 2.05) is 42.5 Å². The van der Waals surface area contributed by atoms with Gasteiger partial charge in [-0.1, -0.05) is 31.0 Å². The minimum atomic E-state index is -1.58. The molecule has 1 atom stereocenters. The van der Waals surface area contributed by atoms with Gasteiger partial charge < -0.3 is 4.42 Å². The lowest BCUT2D eigenvalue weighted by Gasteiger charge is -2.06. The van der Waals surface area contributed by atoms with Crippen LogP contribution in [0.4, 0.5) is 0 Å². The third-order valence-corrected chi connectivity index (χ3v) is 4.56. The van der Waals surface area contributed by atoms with Crippen molar-refractivity contribution in [3.63, 3.8) is 0 Å². The Hall–Kier alpha value is -2.68. The van der Waals surface area contributed by atoms with Gasteiger partial charge in [-0.2, -0.15) is 0 Å². The molecule has 118 valence electrons. The van der Waals surface area contributed by atoms with Crippen molar-refractivity contribution in [3.05, 3.63) is 60.4 Å². The number of rotatable bonds is 2. The summed E-state index contributed by atoms with van der Waals surface area (Å²) in [6.07, 6.45) is 1.72. The highest BCUT2D eigenvalue weighted by Gasteiger charge is 2.20. The van der Waals surface area contributed by atoms with Gasteiger partial charge in [0.25, 0.3) is 0 Å². The summed E-state index contributed by atoms with van der Waals surface area (Å²) in [4.78, 5) is 9.00. The Balaban J connectivity index is 1.72. The van der Waals surface area contributed by atoms with Crippen LogP contribution >= 0.6 is 0 Å². The topological polar surface area (TPSA) is 38.9 Å². The molecule has 0 N–H and O–H groups in total. The normalized spacial score (nSPS) is 24.8. The van der Waals surface area contributed by atoms with Gasteiger partial charge in [0.15, 0.2) is 0 Å². The van der Waals surface area contributed by atoms with E-state index in [9.17, 15) is 0 Å². The van der Waals surface area contributed by atoms with E-state index in [0.29, 0.717) is 36.3 Å². The fourth-order valence-corrected chi connectivity index (χ4v) is 3.38. The minimum absolute atomic E-state index is 0.389. The Morgan fingerprint density at radius 3 is 2.88 bits per heavy atom. The summed E-state index contributed by atoms with van der Waals surface area (Å²) in [5.74, 6) is -1.33. The highest BCUT2D eigenvalue weighted by atomic mass is 16.3. The number of furan rings is 1. The second kappa shape index (κ2) is 5.45. The Bertz CT molecular complexity index is 1160. The molecule has 24 heavy (non-hydrogen) atoms. The average molecular weight is 317 g/mol. The molecule has 0 radical (unpaired) electrons. The first-order chi connectivity index (χ1) is 13.0. The van der Waals surface area contributed by atoms with E-state index < -0.39 is 12.3 Å². The predicted octanol–water partition coefficient (Wildman–Crippen LogP) is 5.70. The molecule has 3 aromatic heterocycles. The van der Waals surface area contributed by atoms with E-state index in [-0.39, 0.29) is 0 Å². The summed E-state index contributed by atoms with van der Waals surface area (Å²) in [7, 11) is 0. The number of hydrogen-bond acceptors (Lipinski definition) is 3. The zero-order chi connectivity index (χ0) is 18.6. The molecule has 4 aromatic rings. The number of benzene rings is 1. The van der Waals surface area contributed by atoms with Crippen LogP contribution in [0, 0.1) is 0 Å². The smallest absolute Gasteiger partial charge is 0.227 e. The highest BCUT2D eigenvalue weighted by Crippen LogP contribution is 2.37. The van der Waals surface area contributed by atoms with Crippen LogP contribution in [-0.4, -0.2) is 9.97 Å². The zero-order valence-corrected chi connectivity index (χ0v) is 13.1. The molecule has 3 heteroatoms. The summed E-state index contributed by atoms with van der Waals surface area (Å²) >= 11 is 0. The number of hydrogen-bond donors (Lipinski definition) is 0. The van der Waals surface area contributed by atoms with Crippen molar-refractivity contribution >= 4 is 22.1 Å². The van der Waals surface area contributed by atoms with E-state index in [0.717, 1.165) is 22.0 Å². The Morgan fingerprint density at radius 2 is 2.04 bits per heavy atom. The van der Waals surface area contributed by atoms with Crippen molar-refractivity contribution in [2.75, 3.05) is 0 Å². The first-order valence-corrected chi connectivity index (χ1v) is 8.24. The van der Waals surface area contributed by atoms with E-state index in [1.54, 1.807) is 12.3 Å². The van der Waals surface area contributed by atoms with Crippen molar-refractivity contribution in [1.29, 1.82) is 0 Å². The molecular formula is C21H18N2O. The van der Waals surface area contributed by atoms with Gasteiger partial charge in [-0.15, -0.1) is 0 Å². The van der Waals surface area contributed by atoms with Crippen LogP contribution in [0.25, 0.3) is 33.3 Å². The molecule has 0 amide bonds. The summed E-state index contributed by atoms with van der Waals surface area (Å²) in [5, 5.41) is 1.81. The molecule has 0 bridgehead atoms. The van der Waals surface area contributed by atoms with Crippen molar-refractivity contribution in [3.8, 4) is 11.3 Å². The molecule has 1 unspecified atom stereocenters. The maximum atomic E-state index is 8.72. The summed E-state index contributed by atoms with van der Waals surface area (Å²) in [5.41, 5.74) is 3.32. The maximum absolute atomic E-state index is 8.72. The lowest BCUT2D eigenvalue weighted by Crippen LogP contribution is -1.95. The van der Waals surface area contributed by atoms with E-state index in [4.69, 9.17) is 8.53 Å². The molecule has 1 saturated carbocycles. The molecule has 5 rings (SSSR count). The van der Waals surface area contributed by atoms with Crippen molar-refractivity contribution in [1.82, 2.24) is 9.97 Å². The van der Waals surface area contributed by atoms with Crippen LogP contribution in [0.15, 0.2) is 59.1 Å². The standard InChI is InChI=1S/C21H18N2O/c1-2-7-14(6-1)18-12-11-16-15-8-5-9-17(19-10-3-4-13-22-19)20(15)24-21(16)23-18/h3-5,8-14H,1-2,6-7H2/i6D2,14D. The number of aromatic nitrogens is 2. The molecule has 0 aliphatic heterocycles. The molecule has 0 spiro atoms. The van der Waals surface area contributed by atoms with Crippen molar-refractivity contribution in [2.45, 2.75) is 31.5 Å². The third-order valence-electron chi connectivity index (χ3n) is 4.56. The SMILES string of the molecule is [2H]C1([2H])CCCC1([2H])c1ccc2c(n1)oc1c(-c3ccccn3)cccc12. The van der Waals surface area contributed by atoms with Crippen molar-refractivity contribution in [2.24, 2.45) is 0 Å². The van der Waals surface area contributed by atoms with Gasteiger partial charge >= 0.3 is 0 Å². The van der Waals surface area contributed by atoms with Gasteiger partial charge in [0, 0.05) is 38.2 Å². The Labute approximate surface area is 144 Å². The number of fused-ring (bicyclic) bond motifs is 3.